The standard InChI is InChI=1S/C30H34F3NO4/c1-17(2)19-13-14-34-22(15-19)23(26(36)28(3,4)5)21(16-29(6,7)27(37)38-8)24(34)25(35)18-9-11-20(12-10-18)30(31,32)33/h9-15,17H,16H2,1-8H3. The normalized spacial score (nSPS) is 12.7. The summed E-state index contributed by atoms with van der Waals surface area (Å²) in [6.07, 6.45) is -2.83. The Bertz CT molecular complexity index is 1390. The van der Waals surface area contributed by atoms with E-state index in [0.29, 0.717) is 16.6 Å². The molecule has 0 N–H and O–H groups in total. The monoisotopic (exact) mass is 529 g/mol. The molecule has 5 nitrogen and oxygen atoms in total. The van der Waals surface area contributed by atoms with E-state index in [0.717, 1.165) is 29.8 Å². The van der Waals surface area contributed by atoms with Gasteiger partial charge < -0.3 is 9.14 Å². The van der Waals surface area contributed by atoms with Crippen LogP contribution in [0.1, 0.15) is 97.5 Å². The minimum Gasteiger partial charge on any atom is -0.469 e. The van der Waals surface area contributed by atoms with Gasteiger partial charge in [0.1, 0.15) is 0 Å². The van der Waals surface area contributed by atoms with Crippen molar-refractivity contribution in [2.75, 3.05) is 7.11 Å². The zero-order valence-corrected chi connectivity index (χ0v) is 23.0. The van der Waals surface area contributed by atoms with Crippen LogP contribution in [0.5, 0.6) is 0 Å². The number of halogens is 3. The molecular weight excluding hydrogens is 495 g/mol. The van der Waals surface area contributed by atoms with Crippen LogP contribution >= 0.6 is 0 Å². The average Bonchev–Trinajstić information content (AvgIpc) is 3.13. The zero-order valence-electron chi connectivity index (χ0n) is 23.0. The van der Waals surface area contributed by atoms with Crippen LogP contribution in [0.25, 0.3) is 5.52 Å². The number of alkyl halides is 3. The fourth-order valence-corrected chi connectivity index (χ4v) is 4.47. The van der Waals surface area contributed by atoms with Crippen LogP contribution in [0.2, 0.25) is 0 Å². The zero-order chi connectivity index (χ0) is 28.8. The molecule has 1 aromatic carbocycles. The predicted octanol–water partition coefficient (Wildman–Crippen LogP) is 7.28. The third kappa shape index (κ3) is 5.54. The lowest BCUT2D eigenvalue weighted by molar-refractivity contribution is -0.150. The van der Waals surface area contributed by atoms with Crippen molar-refractivity contribution in [2.24, 2.45) is 10.8 Å². The second-order valence-corrected chi connectivity index (χ2v) is 11.6. The number of benzene rings is 1. The summed E-state index contributed by atoms with van der Waals surface area (Å²) in [6, 6.07) is 7.70. The largest absolute Gasteiger partial charge is 0.469 e. The number of ether oxygens (including phenoxy) is 1. The first kappa shape index (κ1) is 29.1. The van der Waals surface area contributed by atoms with E-state index in [-0.39, 0.29) is 29.4 Å². The third-order valence-corrected chi connectivity index (χ3v) is 6.68. The Morgan fingerprint density at radius 2 is 1.53 bits per heavy atom. The number of esters is 1. The Hall–Kier alpha value is -3.42. The van der Waals surface area contributed by atoms with Gasteiger partial charge in [0.15, 0.2) is 5.78 Å². The van der Waals surface area contributed by atoms with E-state index in [1.54, 1.807) is 45.2 Å². The van der Waals surface area contributed by atoms with Gasteiger partial charge in [-0.2, -0.15) is 13.2 Å². The van der Waals surface area contributed by atoms with Gasteiger partial charge in [-0.05, 0) is 61.6 Å². The molecule has 0 radical (unpaired) electrons. The molecule has 0 aliphatic heterocycles. The van der Waals surface area contributed by atoms with Gasteiger partial charge in [0, 0.05) is 22.7 Å². The van der Waals surface area contributed by atoms with Crippen molar-refractivity contribution in [1.82, 2.24) is 4.40 Å². The quantitative estimate of drug-likeness (QED) is 0.238. The molecule has 204 valence electrons. The third-order valence-electron chi connectivity index (χ3n) is 6.68. The van der Waals surface area contributed by atoms with E-state index >= 15 is 0 Å². The number of rotatable bonds is 7. The molecule has 0 unspecified atom stereocenters. The summed E-state index contributed by atoms with van der Waals surface area (Å²) in [6.45, 7) is 12.7. The van der Waals surface area contributed by atoms with Gasteiger partial charge in [-0.25, -0.2) is 0 Å². The first-order valence-corrected chi connectivity index (χ1v) is 12.4. The molecule has 0 spiro atoms. The Labute approximate surface area is 221 Å². The summed E-state index contributed by atoms with van der Waals surface area (Å²) >= 11 is 0. The highest BCUT2D eigenvalue weighted by atomic mass is 19.4. The van der Waals surface area contributed by atoms with Gasteiger partial charge in [-0.3, -0.25) is 14.4 Å². The number of Topliss-reactive ketones (excluding diaryl/α,β-unsaturated/α-hetero) is 1. The van der Waals surface area contributed by atoms with Crippen LogP contribution in [0.15, 0.2) is 42.6 Å². The molecule has 0 fully saturated rings. The smallest absolute Gasteiger partial charge is 0.416 e. The summed E-state index contributed by atoms with van der Waals surface area (Å²) in [5.41, 5.74) is -0.439. The molecule has 8 heteroatoms. The average molecular weight is 530 g/mol. The number of hydrogen-bond donors (Lipinski definition) is 0. The molecule has 38 heavy (non-hydrogen) atoms. The van der Waals surface area contributed by atoms with Crippen LogP contribution < -0.4 is 0 Å². The molecule has 3 rings (SSSR count). The van der Waals surface area contributed by atoms with Crippen molar-refractivity contribution in [3.8, 4) is 0 Å². The lowest BCUT2D eigenvalue weighted by Crippen LogP contribution is -2.30. The maximum Gasteiger partial charge on any atom is 0.416 e. The van der Waals surface area contributed by atoms with Crippen molar-refractivity contribution >= 4 is 23.1 Å². The SMILES string of the molecule is COC(=O)C(C)(C)Cc1c(C(=O)C(C)(C)C)c2cc(C(C)C)ccn2c1C(=O)c1ccc(C(F)(F)F)cc1. The van der Waals surface area contributed by atoms with Gasteiger partial charge in [0.25, 0.3) is 0 Å². The van der Waals surface area contributed by atoms with E-state index in [9.17, 15) is 27.6 Å². The van der Waals surface area contributed by atoms with Crippen LogP contribution in [0.4, 0.5) is 13.2 Å². The molecule has 0 amide bonds. The van der Waals surface area contributed by atoms with Crippen molar-refractivity contribution in [1.29, 1.82) is 0 Å². The molecule has 0 aliphatic rings. The van der Waals surface area contributed by atoms with Gasteiger partial charge in [0.05, 0.1) is 29.3 Å². The summed E-state index contributed by atoms with van der Waals surface area (Å²) in [4.78, 5) is 40.5. The van der Waals surface area contributed by atoms with Crippen LogP contribution in [-0.4, -0.2) is 29.0 Å². The van der Waals surface area contributed by atoms with Crippen LogP contribution in [-0.2, 0) is 22.1 Å². The van der Waals surface area contributed by atoms with Crippen LogP contribution in [0, 0.1) is 10.8 Å². The molecule has 2 aromatic heterocycles. The first-order valence-electron chi connectivity index (χ1n) is 12.4. The molecule has 0 bridgehead atoms. The fraction of sp³-hybridized carbons (Fsp3) is 0.433. The van der Waals surface area contributed by atoms with E-state index in [1.165, 1.54) is 7.11 Å². The van der Waals surface area contributed by atoms with Gasteiger partial charge in [-0.15, -0.1) is 0 Å². The lowest BCUT2D eigenvalue weighted by atomic mass is 9.79. The molecule has 3 aromatic rings. The number of ketones is 2. The predicted molar refractivity (Wildman–Crippen MR) is 140 cm³/mol. The van der Waals surface area contributed by atoms with Crippen molar-refractivity contribution in [2.45, 2.75) is 67.0 Å². The number of pyridine rings is 1. The minimum atomic E-state index is -4.54. The highest BCUT2D eigenvalue weighted by Crippen LogP contribution is 2.37. The Morgan fingerprint density at radius 1 is 0.947 bits per heavy atom. The van der Waals surface area contributed by atoms with Crippen LogP contribution in [0.3, 0.4) is 0 Å². The van der Waals surface area contributed by atoms with E-state index < -0.39 is 34.3 Å². The summed E-state index contributed by atoms with van der Waals surface area (Å²) in [5.74, 6) is -1.14. The van der Waals surface area contributed by atoms with Crippen molar-refractivity contribution in [3.05, 3.63) is 76.1 Å². The minimum absolute atomic E-state index is 0.0111. The number of nitrogens with zero attached hydrogens (tertiary/aromatic N) is 1. The first-order chi connectivity index (χ1) is 17.4. The number of fused-ring (bicyclic) bond motifs is 1. The Balaban J connectivity index is 2.40. The topological polar surface area (TPSA) is 64.8 Å². The highest BCUT2D eigenvalue weighted by Gasteiger charge is 2.38. The molecule has 0 saturated carbocycles. The maximum absolute atomic E-state index is 13.9. The Morgan fingerprint density at radius 3 is 2.00 bits per heavy atom. The van der Waals surface area contributed by atoms with E-state index in [2.05, 4.69) is 0 Å². The number of carbonyl (C=O) groups excluding carboxylic acids is 3. The van der Waals surface area contributed by atoms with E-state index in [1.807, 2.05) is 26.0 Å². The van der Waals surface area contributed by atoms with Gasteiger partial charge in [0.2, 0.25) is 5.78 Å². The number of hydrogen-bond acceptors (Lipinski definition) is 4. The number of aromatic nitrogens is 1. The van der Waals surface area contributed by atoms with Crippen molar-refractivity contribution in [3.63, 3.8) is 0 Å². The highest BCUT2D eigenvalue weighted by molar-refractivity contribution is 6.15. The molecule has 2 heterocycles. The second kappa shape index (κ2) is 10.0. The molecule has 0 saturated heterocycles. The van der Waals surface area contributed by atoms with E-state index in [4.69, 9.17) is 4.74 Å². The maximum atomic E-state index is 13.9. The van der Waals surface area contributed by atoms with Gasteiger partial charge >= 0.3 is 12.1 Å². The van der Waals surface area contributed by atoms with Gasteiger partial charge in [-0.1, -0.05) is 46.8 Å². The second-order valence-electron chi connectivity index (χ2n) is 11.6. The summed E-state index contributed by atoms with van der Waals surface area (Å²) in [5, 5.41) is 0. The van der Waals surface area contributed by atoms with Crippen molar-refractivity contribution < 1.29 is 32.3 Å². The summed E-state index contributed by atoms with van der Waals surface area (Å²) < 4.78 is 46.0. The Kier molecular flexibility index (Phi) is 7.70. The molecular formula is C30H34F3NO4. The molecule has 0 aliphatic carbocycles. The number of carbonyl (C=O) groups is 3. The summed E-state index contributed by atoms with van der Waals surface area (Å²) in [7, 11) is 1.27. The fourth-order valence-electron chi connectivity index (χ4n) is 4.47. The molecule has 0 atom stereocenters. The lowest BCUT2D eigenvalue weighted by Gasteiger charge is -2.24. The number of methoxy groups -OCH3 is 1.